The summed E-state index contributed by atoms with van der Waals surface area (Å²) < 4.78 is 0. The van der Waals surface area contributed by atoms with Gasteiger partial charge in [-0.1, -0.05) is 76.6 Å². The Bertz CT molecular complexity index is 666. The van der Waals surface area contributed by atoms with Gasteiger partial charge < -0.3 is 0 Å². The van der Waals surface area contributed by atoms with Gasteiger partial charge in [-0.15, -0.1) is 0 Å². The molecule has 0 bridgehead atoms. The summed E-state index contributed by atoms with van der Waals surface area (Å²) in [6, 6.07) is 8.73. The van der Waals surface area contributed by atoms with Gasteiger partial charge in [-0.05, 0) is 67.4 Å². The quantitative estimate of drug-likeness (QED) is 0.297. The number of Topliss-reactive ketones (excluding diaryl/α,β-unsaturated/α-hetero) is 2. The van der Waals surface area contributed by atoms with Crippen LogP contribution < -0.4 is 0 Å². The van der Waals surface area contributed by atoms with E-state index in [9.17, 15) is 9.59 Å². The van der Waals surface area contributed by atoms with E-state index in [1.54, 1.807) is 0 Å². The van der Waals surface area contributed by atoms with Gasteiger partial charge in [0.05, 0.1) is 5.92 Å². The Hall–Kier alpha value is -1.44. The van der Waals surface area contributed by atoms with E-state index in [2.05, 4.69) is 38.1 Å². The zero-order chi connectivity index (χ0) is 21.3. The van der Waals surface area contributed by atoms with Crippen LogP contribution in [0.25, 0.3) is 0 Å². The Morgan fingerprint density at radius 3 is 2.17 bits per heavy atom. The van der Waals surface area contributed by atoms with Gasteiger partial charge in [0.1, 0.15) is 11.6 Å². The second kappa shape index (κ2) is 11.8. The van der Waals surface area contributed by atoms with Crippen molar-refractivity contribution in [2.75, 3.05) is 0 Å². The van der Waals surface area contributed by atoms with Crippen LogP contribution in [0.5, 0.6) is 0 Å². The van der Waals surface area contributed by atoms with Gasteiger partial charge in [0.15, 0.2) is 0 Å². The minimum Gasteiger partial charge on any atom is -0.299 e. The van der Waals surface area contributed by atoms with E-state index in [0.717, 1.165) is 30.7 Å². The summed E-state index contributed by atoms with van der Waals surface area (Å²) in [5.41, 5.74) is 2.51. The summed E-state index contributed by atoms with van der Waals surface area (Å²) >= 11 is 0. The van der Waals surface area contributed by atoms with Crippen LogP contribution in [0.4, 0.5) is 0 Å². The average molecular weight is 411 g/mol. The maximum absolute atomic E-state index is 12.8. The van der Waals surface area contributed by atoms with Crippen molar-refractivity contribution in [2.24, 2.45) is 17.8 Å². The van der Waals surface area contributed by atoms with Crippen molar-refractivity contribution in [3.8, 4) is 0 Å². The van der Waals surface area contributed by atoms with Crippen LogP contribution in [0.2, 0.25) is 0 Å². The molecule has 0 radical (unpaired) electrons. The number of unbranched alkanes of at least 4 members (excludes halogenated alkanes) is 2. The molecule has 0 saturated heterocycles. The predicted octanol–water partition coefficient (Wildman–Crippen LogP) is 7.44. The lowest BCUT2D eigenvalue weighted by molar-refractivity contribution is -0.135. The van der Waals surface area contributed by atoms with Crippen LogP contribution in [0.1, 0.15) is 114 Å². The standard InChI is InChI=1S/C28H42O2/c1-3-5-6-8-22-13-18-26(27(29)19-22)28(30)20-23-11-16-25(17-12-23)24-14-9-21(7-4-2)10-15-24/h11-12,16-17,21-22,24,26H,3-10,13-15,18-20H2,1-2H3/t21-,22?,24-,26?. The highest BCUT2D eigenvalue weighted by molar-refractivity contribution is 6.03. The Kier molecular flexibility index (Phi) is 9.15. The maximum Gasteiger partial charge on any atom is 0.147 e. The molecule has 3 rings (SSSR count). The van der Waals surface area contributed by atoms with Gasteiger partial charge in [0, 0.05) is 12.8 Å². The van der Waals surface area contributed by atoms with Crippen LogP contribution in [-0.4, -0.2) is 11.6 Å². The SMILES string of the molecule is CCCCCC1CCC(C(=O)Cc2ccc([C@H]3CC[C@H](CCC)CC3)cc2)C(=O)C1. The lowest BCUT2D eigenvalue weighted by Gasteiger charge is -2.28. The summed E-state index contributed by atoms with van der Waals surface area (Å²) in [5.74, 6) is 2.13. The molecule has 2 saturated carbocycles. The first kappa shape index (κ1) is 23.2. The number of hydrogen-bond acceptors (Lipinski definition) is 2. The van der Waals surface area contributed by atoms with Crippen LogP contribution in [0.3, 0.4) is 0 Å². The molecule has 0 aromatic heterocycles. The summed E-state index contributed by atoms with van der Waals surface area (Å²) in [6.45, 7) is 4.50. The van der Waals surface area contributed by atoms with Crippen molar-refractivity contribution >= 4 is 11.6 Å². The molecule has 0 aliphatic heterocycles. The van der Waals surface area contributed by atoms with Gasteiger partial charge in [-0.3, -0.25) is 9.59 Å². The van der Waals surface area contributed by atoms with Crippen molar-refractivity contribution in [3.05, 3.63) is 35.4 Å². The van der Waals surface area contributed by atoms with E-state index < -0.39 is 0 Å². The molecule has 0 heterocycles. The topological polar surface area (TPSA) is 34.1 Å². The van der Waals surface area contributed by atoms with E-state index in [1.165, 1.54) is 63.4 Å². The van der Waals surface area contributed by atoms with E-state index >= 15 is 0 Å². The van der Waals surface area contributed by atoms with Gasteiger partial charge in [-0.25, -0.2) is 0 Å². The Morgan fingerprint density at radius 2 is 1.53 bits per heavy atom. The van der Waals surface area contributed by atoms with E-state index in [0.29, 0.717) is 24.7 Å². The molecule has 0 spiro atoms. The fourth-order valence-corrected chi connectivity index (χ4v) is 5.79. The molecule has 2 heteroatoms. The van der Waals surface area contributed by atoms with Gasteiger partial charge in [0.2, 0.25) is 0 Å². The third-order valence-electron chi connectivity index (χ3n) is 7.72. The molecule has 0 amide bonds. The van der Waals surface area contributed by atoms with Gasteiger partial charge in [-0.2, -0.15) is 0 Å². The van der Waals surface area contributed by atoms with E-state index in [4.69, 9.17) is 0 Å². The first-order valence-electron chi connectivity index (χ1n) is 12.7. The molecule has 2 nitrogen and oxygen atoms in total. The van der Waals surface area contributed by atoms with Crippen molar-refractivity contribution in [1.29, 1.82) is 0 Å². The van der Waals surface area contributed by atoms with Crippen molar-refractivity contribution < 1.29 is 9.59 Å². The molecule has 2 aliphatic rings. The lowest BCUT2D eigenvalue weighted by atomic mass is 9.76. The van der Waals surface area contributed by atoms with Crippen LogP contribution >= 0.6 is 0 Å². The maximum atomic E-state index is 12.8. The van der Waals surface area contributed by atoms with Crippen molar-refractivity contribution in [2.45, 2.75) is 110 Å². The highest BCUT2D eigenvalue weighted by Gasteiger charge is 2.32. The van der Waals surface area contributed by atoms with Crippen molar-refractivity contribution in [3.63, 3.8) is 0 Å². The number of rotatable bonds is 10. The fraction of sp³-hybridized carbons (Fsp3) is 0.714. The Labute approximate surface area is 184 Å². The fourth-order valence-electron chi connectivity index (χ4n) is 5.79. The molecule has 2 fully saturated rings. The molecule has 30 heavy (non-hydrogen) atoms. The molecular weight excluding hydrogens is 368 g/mol. The average Bonchev–Trinajstić information content (AvgIpc) is 2.75. The molecule has 2 unspecified atom stereocenters. The molecule has 2 aliphatic carbocycles. The number of hydrogen-bond donors (Lipinski definition) is 0. The molecular formula is C28H42O2. The highest BCUT2D eigenvalue weighted by atomic mass is 16.1. The smallest absolute Gasteiger partial charge is 0.147 e. The second-order valence-corrected chi connectivity index (χ2v) is 10.1. The van der Waals surface area contributed by atoms with Crippen LogP contribution in [0, 0.1) is 17.8 Å². The van der Waals surface area contributed by atoms with Crippen molar-refractivity contribution in [1.82, 2.24) is 0 Å². The zero-order valence-corrected chi connectivity index (χ0v) is 19.3. The van der Waals surface area contributed by atoms with E-state index in [-0.39, 0.29) is 17.5 Å². The first-order valence-corrected chi connectivity index (χ1v) is 12.7. The van der Waals surface area contributed by atoms with E-state index in [1.807, 2.05) is 0 Å². The molecule has 2 atom stereocenters. The monoisotopic (exact) mass is 410 g/mol. The largest absolute Gasteiger partial charge is 0.299 e. The molecule has 1 aromatic rings. The third-order valence-corrected chi connectivity index (χ3v) is 7.72. The van der Waals surface area contributed by atoms with Gasteiger partial charge in [0.25, 0.3) is 0 Å². The molecule has 1 aromatic carbocycles. The van der Waals surface area contributed by atoms with Crippen LogP contribution in [-0.2, 0) is 16.0 Å². The predicted molar refractivity (Wildman–Crippen MR) is 125 cm³/mol. The van der Waals surface area contributed by atoms with Gasteiger partial charge >= 0.3 is 0 Å². The zero-order valence-electron chi connectivity index (χ0n) is 19.3. The summed E-state index contributed by atoms with van der Waals surface area (Å²) in [7, 11) is 0. The summed E-state index contributed by atoms with van der Waals surface area (Å²) in [5, 5.41) is 0. The highest BCUT2D eigenvalue weighted by Crippen LogP contribution is 2.37. The summed E-state index contributed by atoms with van der Waals surface area (Å²) in [4.78, 5) is 25.4. The number of benzene rings is 1. The Balaban J connectivity index is 1.46. The second-order valence-electron chi connectivity index (χ2n) is 10.1. The molecule has 166 valence electrons. The lowest BCUT2D eigenvalue weighted by Crippen LogP contribution is -2.32. The number of ketones is 2. The number of carbonyl (C=O) groups is 2. The normalized spacial score (nSPS) is 27.2. The minimum absolute atomic E-state index is 0.139. The third kappa shape index (κ3) is 6.53. The minimum atomic E-state index is -0.346. The first-order chi connectivity index (χ1) is 14.6. The van der Waals surface area contributed by atoms with Crippen LogP contribution in [0.15, 0.2) is 24.3 Å². The Morgan fingerprint density at radius 1 is 0.833 bits per heavy atom. The summed E-state index contributed by atoms with van der Waals surface area (Å²) in [6.07, 6.45) is 15.7. The number of carbonyl (C=O) groups excluding carboxylic acids is 2. The molecule has 0 N–H and O–H groups in total.